The molecule has 0 unspecified atom stereocenters. The van der Waals surface area contributed by atoms with Gasteiger partial charge in [0.05, 0.1) is 30.3 Å². The third-order valence-electron chi connectivity index (χ3n) is 12.1. The van der Waals surface area contributed by atoms with Gasteiger partial charge >= 0.3 is 5.97 Å². The summed E-state index contributed by atoms with van der Waals surface area (Å²) >= 11 is 0. The SMILES string of the molecule is CCC[C@H](NC(=O)[C@@H]1C[C@@H](Oc2cc(-c3ccccc3)nc3cc(OC)ccc23)C[C@H]1C(=O)C[C@H](C(=O)N[C@H](C(=O)CC)C1CCCCC1)C(C)(C)C)C(=O)OC(C)(C)C. The van der Waals surface area contributed by atoms with Gasteiger partial charge in [0, 0.05) is 47.8 Å². The van der Waals surface area contributed by atoms with Crippen LogP contribution in [0.1, 0.15) is 126 Å². The highest BCUT2D eigenvalue weighted by molar-refractivity contribution is 5.95. The Hall–Kier alpha value is -4.80. The van der Waals surface area contributed by atoms with E-state index in [0.717, 1.165) is 43.1 Å². The molecule has 0 spiro atoms. The molecule has 3 aromatic rings. The highest BCUT2D eigenvalue weighted by atomic mass is 16.6. The molecule has 2 aliphatic carbocycles. The van der Waals surface area contributed by atoms with E-state index in [0.29, 0.717) is 42.0 Å². The second kappa shape index (κ2) is 20.2. The van der Waals surface area contributed by atoms with E-state index in [2.05, 4.69) is 10.6 Å². The Kier molecular flexibility index (Phi) is 15.6. The molecule has 60 heavy (non-hydrogen) atoms. The van der Waals surface area contributed by atoms with Crippen molar-refractivity contribution in [3.8, 4) is 22.8 Å². The third-order valence-corrected chi connectivity index (χ3v) is 12.1. The number of Topliss-reactive ketones (excluding diaryl/α,β-unsaturated/α-hetero) is 2. The number of ketones is 2. The highest BCUT2D eigenvalue weighted by Gasteiger charge is 2.47. The lowest BCUT2D eigenvalue weighted by Crippen LogP contribution is -2.51. The summed E-state index contributed by atoms with van der Waals surface area (Å²) in [6.07, 6.45) is 5.98. The number of nitrogens with zero attached hydrogens (tertiary/aromatic N) is 1. The number of fused-ring (bicyclic) bond motifs is 1. The summed E-state index contributed by atoms with van der Waals surface area (Å²) in [5, 5.41) is 6.82. The second-order valence-electron chi connectivity index (χ2n) is 18.9. The van der Waals surface area contributed by atoms with Crippen molar-refractivity contribution in [2.45, 2.75) is 150 Å². The Balaban J connectivity index is 1.47. The Bertz CT molecular complexity index is 1980. The van der Waals surface area contributed by atoms with Crippen LogP contribution in [0.4, 0.5) is 0 Å². The summed E-state index contributed by atoms with van der Waals surface area (Å²) in [7, 11) is 1.60. The van der Waals surface area contributed by atoms with E-state index in [4.69, 9.17) is 19.2 Å². The predicted molar refractivity (Wildman–Crippen MR) is 233 cm³/mol. The van der Waals surface area contributed by atoms with Crippen molar-refractivity contribution in [1.82, 2.24) is 15.6 Å². The van der Waals surface area contributed by atoms with E-state index < -0.39 is 58.8 Å². The van der Waals surface area contributed by atoms with Crippen LogP contribution in [-0.2, 0) is 28.7 Å². The molecule has 5 rings (SSSR count). The Morgan fingerprint density at radius 1 is 0.850 bits per heavy atom. The molecule has 0 aliphatic heterocycles. The molecule has 0 saturated heterocycles. The number of amides is 2. The first-order chi connectivity index (χ1) is 28.4. The van der Waals surface area contributed by atoms with Crippen molar-refractivity contribution in [3.63, 3.8) is 0 Å². The first-order valence-corrected chi connectivity index (χ1v) is 22.0. The molecule has 2 amide bonds. The minimum absolute atomic E-state index is 0.00544. The maximum Gasteiger partial charge on any atom is 0.329 e. The van der Waals surface area contributed by atoms with E-state index in [1.54, 1.807) is 27.9 Å². The molecule has 0 radical (unpaired) electrons. The number of pyridine rings is 1. The average molecular weight is 826 g/mol. The molecule has 2 aliphatic rings. The number of hydrogen-bond acceptors (Lipinski definition) is 9. The largest absolute Gasteiger partial charge is 0.497 e. The summed E-state index contributed by atoms with van der Waals surface area (Å²) in [4.78, 5) is 74.9. The number of carbonyl (C=O) groups is 5. The molecule has 1 heterocycles. The number of rotatable bonds is 17. The first-order valence-electron chi connectivity index (χ1n) is 22.0. The van der Waals surface area contributed by atoms with Gasteiger partial charge in [-0.25, -0.2) is 9.78 Å². The quantitative estimate of drug-likeness (QED) is 0.127. The molecule has 11 nitrogen and oxygen atoms in total. The maximum absolute atomic E-state index is 14.8. The molecular weight excluding hydrogens is 759 g/mol. The van der Waals surface area contributed by atoms with Gasteiger partial charge in [0.25, 0.3) is 0 Å². The van der Waals surface area contributed by atoms with Gasteiger partial charge in [-0.2, -0.15) is 0 Å². The minimum atomic E-state index is -0.897. The van der Waals surface area contributed by atoms with Crippen LogP contribution in [0.15, 0.2) is 54.6 Å². The summed E-state index contributed by atoms with van der Waals surface area (Å²) < 4.78 is 18.0. The third kappa shape index (κ3) is 11.9. The lowest BCUT2D eigenvalue weighted by atomic mass is 9.74. The predicted octanol–water partition coefficient (Wildman–Crippen LogP) is 8.98. The molecule has 2 N–H and O–H groups in total. The smallest absolute Gasteiger partial charge is 0.329 e. The number of aromatic nitrogens is 1. The molecule has 2 fully saturated rings. The van der Waals surface area contributed by atoms with Crippen LogP contribution in [0, 0.1) is 29.1 Å². The van der Waals surface area contributed by atoms with Crippen molar-refractivity contribution >= 4 is 40.3 Å². The zero-order valence-corrected chi connectivity index (χ0v) is 37.2. The van der Waals surface area contributed by atoms with Crippen molar-refractivity contribution < 1.29 is 38.2 Å². The molecular formula is C49H67N3O8. The van der Waals surface area contributed by atoms with Crippen molar-refractivity contribution in [1.29, 1.82) is 0 Å². The number of nitrogens with one attached hydrogen (secondary N) is 2. The first kappa shape index (κ1) is 46.3. The number of esters is 1. The molecule has 6 atom stereocenters. The maximum atomic E-state index is 14.8. The summed E-state index contributed by atoms with van der Waals surface area (Å²) in [6.45, 7) is 14.9. The number of benzene rings is 2. The van der Waals surface area contributed by atoms with Crippen LogP contribution < -0.4 is 20.1 Å². The van der Waals surface area contributed by atoms with Crippen LogP contribution in [0.5, 0.6) is 11.5 Å². The van der Waals surface area contributed by atoms with Gasteiger partial charge in [-0.3, -0.25) is 19.2 Å². The Morgan fingerprint density at radius 3 is 2.15 bits per heavy atom. The summed E-state index contributed by atoms with van der Waals surface area (Å²) in [5.74, 6) is -2.64. The fourth-order valence-corrected chi connectivity index (χ4v) is 8.81. The molecule has 2 aromatic carbocycles. The standard InChI is InChI=1S/C49H67N3O8/c1-10-18-38(47(57)60-49(6,7)8)51-45(55)36-26-33(59-43-29-39(30-19-14-12-15-20-30)50-40-27-32(58-9)23-24-34(40)43)25-35(36)42(54)28-37(48(3,4)5)46(56)52-44(41(53)11-2)31-21-16-13-17-22-31/h12,14-15,19-20,23-24,27,29,31,33,35-38,44H,10-11,13,16-18,21-22,25-26,28H2,1-9H3,(H,51,55)(H,52,56)/t33-,35+,36+,37+,38-,44-/m0/s1. The van der Waals surface area contributed by atoms with E-state index in [-0.39, 0.29) is 42.7 Å². The van der Waals surface area contributed by atoms with Gasteiger partial charge in [0.1, 0.15) is 35.0 Å². The van der Waals surface area contributed by atoms with Crippen LogP contribution in [-0.4, -0.2) is 65.2 Å². The fourth-order valence-electron chi connectivity index (χ4n) is 8.81. The van der Waals surface area contributed by atoms with Gasteiger partial charge in [-0.05, 0) is 76.3 Å². The van der Waals surface area contributed by atoms with Crippen LogP contribution in [0.2, 0.25) is 0 Å². The number of hydrogen-bond donors (Lipinski definition) is 2. The van der Waals surface area contributed by atoms with Gasteiger partial charge in [-0.1, -0.05) is 90.6 Å². The van der Waals surface area contributed by atoms with E-state index in [1.165, 1.54) is 0 Å². The molecule has 326 valence electrons. The van der Waals surface area contributed by atoms with Crippen molar-refractivity contribution in [2.75, 3.05) is 7.11 Å². The zero-order chi connectivity index (χ0) is 43.8. The Morgan fingerprint density at radius 2 is 1.53 bits per heavy atom. The highest BCUT2D eigenvalue weighted by Crippen LogP contribution is 2.41. The molecule has 0 bridgehead atoms. The number of methoxy groups -OCH3 is 1. The van der Waals surface area contributed by atoms with Crippen LogP contribution >= 0.6 is 0 Å². The number of ether oxygens (including phenoxy) is 3. The molecule has 11 heteroatoms. The van der Waals surface area contributed by atoms with Crippen molar-refractivity contribution in [2.24, 2.45) is 29.1 Å². The van der Waals surface area contributed by atoms with E-state index in [9.17, 15) is 24.0 Å². The molecule has 2 saturated carbocycles. The topological polar surface area (TPSA) is 150 Å². The van der Waals surface area contributed by atoms with Crippen LogP contribution in [0.3, 0.4) is 0 Å². The minimum Gasteiger partial charge on any atom is -0.497 e. The van der Waals surface area contributed by atoms with E-state index in [1.807, 2.05) is 89.2 Å². The van der Waals surface area contributed by atoms with E-state index >= 15 is 0 Å². The monoisotopic (exact) mass is 825 g/mol. The normalized spacial score (nSPS) is 20.1. The van der Waals surface area contributed by atoms with Gasteiger partial charge < -0.3 is 24.8 Å². The summed E-state index contributed by atoms with van der Waals surface area (Å²) in [6, 6.07) is 15.7. The summed E-state index contributed by atoms with van der Waals surface area (Å²) in [5.41, 5.74) is 0.863. The number of carbonyl (C=O) groups excluding carboxylic acids is 5. The fraction of sp³-hybridized carbons (Fsp3) is 0.592. The lowest BCUT2D eigenvalue weighted by molar-refractivity contribution is -0.159. The molecule has 1 aromatic heterocycles. The van der Waals surface area contributed by atoms with Crippen LogP contribution in [0.25, 0.3) is 22.2 Å². The van der Waals surface area contributed by atoms with Gasteiger partial charge in [0.2, 0.25) is 11.8 Å². The Labute approximate surface area is 356 Å². The van der Waals surface area contributed by atoms with Gasteiger partial charge in [-0.15, -0.1) is 0 Å². The average Bonchev–Trinajstić information content (AvgIpc) is 3.64. The lowest BCUT2D eigenvalue weighted by Gasteiger charge is -2.35. The second-order valence-corrected chi connectivity index (χ2v) is 18.9. The van der Waals surface area contributed by atoms with Crippen molar-refractivity contribution in [3.05, 3.63) is 54.6 Å². The zero-order valence-electron chi connectivity index (χ0n) is 37.2. The van der Waals surface area contributed by atoms with Gasteiger partial charge in [0.15, 0.2) is 5.78 Å².